The van der Waals surface area contributed by atoms with Gasteiger partial charge in [0.15, 0.2) is 0 Å². The van der Waals surface area contributed by atoms with Crippen LogP contribution in [0.4, 0.5) is 0 Å². The third-order valence-corrected chi connectivity index (χ3v) is 8.75. The van der Waals surface area contributed by atoms with Crippen molar-refractivity contribution in [3.05, 3.63) is 48.0 Å². The Kier molecular flexibility index (Phi) is 7.26. The van der Waals surface area contributed by atoms with Gasteiger partial charge >= 0.3 is 0 Å². The van der Waals surface area contributed by atoms with E-state index in [9.17, 15) is 9.00 Å². The van der Waals surface area contributed by atoms with Crippen LogP contribution >= 0.6 is 0 Å². The van der Waals surface area contributed by atoms with Crippen LogP contribution in [0, 0.1) is 5.92 Å². The quantitative estimate of drug-likeness (QED) is 0.458. The van der Waals surface area contributed by atoms with Crippen LogP contribution in [-0.4, -0.2) is 36.5 Å². The molecule has 0 bridgehead atoms. The van der Waals surface area contributed by atoms with Gasteiger partial charge in [-0.1, -0.05) is 56.4 Å². The lowest BCUT2D eigenvalue weighted by molar-refractivity contribution is 0.0906. The topological polar surface area (TPSA) is 88.9 Å². The number of nitrogens with one attached hydrogen (secondary N) is 2. The second-order valence-corrected chi connectivity index (χ2v) is 12.5. The number of aromatic nitrogens is 3. The van der Waals surface area contributed by atoms with Gasteiger partial charge < -0.3 is 5.32 Å². The molecule has 0 spiro atoms. The molecule has 1 unspecified atom stereocenters. The molecule has 1 aromatic heterocycles. The Balaban J connectivity index is 1.55. The molecule has 1 atom stereocenters. The van der Waals surface area contributed by atoms with Crippen LogP contribution in [0.5, 0.6) is 0 Å². The van der Waals surface area contributed by atoms with Gasteiger partial charge in [0.1, 0.15) is 16.8 Å². The summed E-state index contributed by atoms with van der Waals surface area (Å²) in [6, 6.07) is 12.1. The number of carbonyl (C=O) groups excluding carboxylic acids is 1. The molecule has 2 aliphatic rings. The van der Waals surface area contributed by atoms with Crippen molar-refractivity contribution >= 4 is 27.7 Å². The number of carbonyl (C=O) groups is 1. The first-order chi connectivity index (χ1) is 17.3. The predicted molar refractivity (Wildman–Crippen MR) is 144 cm³/mol. The summed E-state index contributed by atoms with van der Waals surface area (Å²) >= 11 is 0. The Labute approximate surface area is 216 Å². The second kappa shape index (κ2) is 10.4. The lowest BCUT2D eigenvalue weighted by atomic mass is 9.87. The molecule has 2 aromatic carbocycles. The molecular formula is C28H37N5O2S. The van der Waals surface area contributed by atoms with Gasteiger partial charge in [-0.15, -0.1) is 5.10 Å². The van der Waals surface area contributed by atoms with E-state index in [-0.39, 0.29) is 23.3 Å². The highest BCUT2D eigenvalue weighted by molar-refractivity contribution is 7.83. The molecule has 192 valence electrons. The van der Waals surface area contributed by atoms with Gasteiger partial charge in [0.2, 0.25) is 5.82 Å². The van der Waals surface area contributed by atoms with Gasteiger partial charge in [-0.2, -0.15) is 0 Å². The Bertz CT molecular complexity index is 1270. The molecule has 1 heterocycles. The van der Waals surface area contributed by atoms with Gasteiger partial charge in [0.25, 0.3) is 5.91 Å². The van der Waals surface area contributed by atoms with Gasteiger partial charge in [0, 0.05) is 28.8 Å². The van der Waals surface area contributed by atoms with E-state index in [0.29, 0.717) is 5.92 Å². The molecule has 36 heavy (non-hydrogen) atoms. The zero-order valence-electron chi connectivity index (χ0n) is 21.5. The van der Waals surface area contributed by atoms with Crippen LogP contribution in [0.15, 0.2) is 41.3 Å². The monoisotopic (exact) mass is 507 g/mol. The second-order valence-electron chi connectivity index (χ2n) is 11.3. The summed E-state index contributed by atoms with van der Waals surface area (Å²) in [6.45, 7) is 6.01. The number of hydrogen-bond donors (Lipinski definition) is 2. The lowest BCUT2D eigenvalue weighted by Crippen LogP contribution is -2.40. The molecule has 2 saturated carbocycles. The number of fused-ring (bicyclic) bond motifs is 1. The summed E-state index contributed by atoms with van der Waals surface area (Å²) in [4.78, 5) is 18.5. The molecule has 2 fully saturated rings. The van der Waals surface area contributed by atoms with Gasteiger partial charge in [-0.25, -0.2) is 18.6 Å². The van der Waals surface area contributed by atoms with Crippen LogP contribution in [0.2, 0.25) is 0 Å². The molecule has 2 N–H and O–H groups in total. The zero-order chi connectivity index (χ0) is 25.3. The molecular weight excluding hydrogens is 470 g/mol. The maximum absolute atomic E-state index is 13.2. The summed E-state index contributed by atoms with van der Waals surface area (Å²) in [6.07, 6.45) is 10.2. The standard InChI is InChI=1S/C28H37N5O2S/c1-28(2,3)32-36(35)24-17-16-23(21-14-7-8-15-22(21)24)33-25(18-19-10-5-4-6-11-19)30-26(31-33)27(34)29-20-12-9-13-20/h7-8,14-17,19-20,32H,4-6,9-13,18H2,1-3H3,(H,29,34). The maximum atomic E-state index is 13.2. The SMILES string of the molecule is CC(C)(C)NS(=O)c1ccc(-n2nc(C(=O)NC3CCC3)nc2CC2CCCCC2)c2ccccc12. The molecule has 0 saturated heterocycles. The van der Waals surface area contributed by atoms with Crippen molar-refractivity contribution in [2.75, 3.05) is 0 Å². The summed E-state index contributed by atoms with van der Waals surface area (Å²) in [7, 11) is -1.37. The van der Waals surface area contributed by atoms with Crippen molar-refractivity contribution in [2.24, 2.45) is 5.92 Å². The van der Waals surface area contributed by atoms with Crippen LogP contribution < -0.4 is 10.0 Å². The van der Waals surface area contributed by atoms with E-state index in [1.54, 1.807) is 0 Å². The highest BCUT2D eigenvalue weighted by Gasteiger charge is 2.26. The minimum Gasteiger partial charge on any atom is -0.347 e. The van der Waals surface area contributed by atoms with Crippen LogP contribution in [0.3, 0.4) is 0 Å². The molecule has 5 rings (SSSR count). The van der Waals surface area contributed by atoms with Crippen LogP contribution in [0.25, 0.3) is 16.5 Å². The highest BCUT2D eigenvalue weighted by Crippen LogP contribution is 2.31. The minimum absolute atomic E-state index is 0.195. The van der Waals surface area contributed by atoms with Crippen molar-refractivity contribution in [1.29, 1.82) is 0 Å². The molecule has 1 amide bonds. The summed E-state index contributed by atoms with van der Waals surface area (Å²) in [5, 5.41) is 9.68. The normalized spacial score (nSPS) is 18.2. The largest absolute Gasteiger partial charge is 0.347 e. The number of rotatable bonds is 7. The van der Waals surface area contributed by atoms with Crippen LogP contribution in [0.1, 0.15) is 88.6 Å². The predicted octanol–water partition coefficient (Wildman–Crippen LogP) is 5.24. The average Bonchev–Trinajstić information content (AvgIpc) is 3.23. The van der Waals surface area contributed by atoms with Crippen molar-refractivity contribution in [2.45, 2.75) is 95.0 Å². The van der Waals surface area contributed by atoms with E-state index in [0.717, 1.165) is 52.9 Å². The van der Waals surface area contributed by atoms with Crippen molar-refractivity contribution in [1.82, 2.24) is 24.8 Å². The molecule has 7 nitrogen and oxygen atoms in total. The number of benzene rings is 2. The summed E-state index contributed by atoms with van der Waals surface area (Å²) < 4.78 is 18.2. The van der Waals surface area contributed by atoms with E-state index in [4.69, 9.17) is 10.1 Å². The molecule has 0 aliphatic heterocycles. The first-order valence-electron chi connectivity index (χ1n) is 13.3. The zero-order valence-corrected chi connectivity index (χ0v) is 22.4. The van der Waals surface area contributed by atoms with Gasteiger partial charge in [-0.05, 0) is 58.1 Å². The number of nitrogens with zero attached hydrogens (tertiary/aromatic N) is 3. The third-order valence-electron chi connectivity index (χ3n) is 7.20. The fourth-order valence-electron chi connectivity index (χ4n) is 5.15. The first-order valence-corrected chi connectivity index (χ1v) is 14.4. The molecule has 8 heteroatoms. The van der Waals surface area contributed by atoms with E-state index in [2.05, 4.69) is 10.0 Å². The van der Waals surface area contributed by atoms with Gasteiger partial charge in [0.05, 0.1) is 10.6 Å². The average molecular weight is 508 g/mol. The molecule has 0 radical (unpaired) electrons. The number of amides is 1. The smallest absolute Gasteiger partial charge is 0.291 e. The maximum Gasteiger partial charge on any atom is 0.291 e. The van der Waals surface area contributed by atoms with E-state index < -0.39 is 11.0 Å². The summed E-state index contributed by atoms with van der Waals surface area (Å²) in [5.74, 6) is 1.42. The minimum atomic E-state index is -1.37. The Hall–Kier alpha value is -2.58. The van der Waals surface area contributed by atoms with E-state index >= 15 is 0 Å². The van der Waals surface area contributed by atoms with E-state index in [1.807, 2.05) is 61.9 Å². The first kappa shape index (κ1) is 25.1. The number of hydrogen-bond acceptors (Lipinski definition) is 4. The highest BCUT2D eigenvalue weighted by atomic mass is 32.2. The Morgan fingerprint density at radius 2 is 1.72 bits per heavy atom. The van der Waals surface area contributed by atoms with Crippen molar-refractivity contribution in [3.63, 3.8) is 0 Å². The third kappa shape index (κ3) is 5.54. The van der Waals surface area contributed by atoms with Crippen molar-refractivity contribution in [3.8, 4) is 5.69 Å². The fourth-order valence-corrected chi connectivity index (χ4v) is 6.39. The molecule has 2 aliphatic carbocycles. The summed E-state index contributed by atoms with van der Waals surface area (Å²) in [5.41, 5.74) is 0.579. The fraction of sp³-hybridized carbons (Fsp3) is 0.536. The van der Waals surface area contributed by atoms with Crippen molar-refractivity contribution < 1.29 is 9.00 Å². The van der Waals surface area contributed by atoms with Gasteiger partial charge in [-0.3, -0.25) is 4.79 Å². The van der Waals surface area contributed by atoms with Crippen LogP contribution in [-0.2, 0) is 17.4 Å². The molecule has 3 aromatic rings. The van der Waals surface area contributed by atoms with E-state index in [1.165, 1.54) is 32.1 Å². The Morgan fingerprint density at radius 3 is 2.39 bits per heavy atom. The Morgan fingerprint density at radius 1 is 1.00 bits per heavy atom. The lowest BCUT2D eigenvalue weighted by Gasteiger charge is -2.25.